The normalized spacial score (nSPS) is 21.9. The molecule has 1 aliphatic heterocycles. The first-order valence-corrected chi connectivity index (χ1v) is 11.2. The van der Waals surface area contributed by atoms with Crippen LogP contribution in [0.5, 0.6) is 5.75 Å². The lowest BCUT2D eigenvalue weighted by atomic mass is 10.1. The maximum Gasteiger partial charge on any atom is 0.207 e. The maximum atomic E-state index is 10.6. The van der Waals surface area contributed by atoms with Gasteiger partial charge in [-0.3, -0.25) is 4.57 Å². The molecule has 0 aliphatic carbocycles. The van der Waals surface area contributed by atoms with Crippen LogP contribution >= 0.6 is 0 Å². The van der Waals surface area contributed by atoms with Gasteiger partial charge in [-0.1, -0.05) is 42.5 Å². The average Bonchev–Trinajstić information content (AvgIpc) is 3.40. The molecule has 182 valence electrons. The van der Waals surface area contributed by atoms with E-state index in [4.69, 9.17) is 15.2 Å². The van der Waals surface area contributed by atoms with Gasteiger partial charge in [0.15, 0.2) is 23.2 Å². The number of aliphatic hydroxyl groups is 3. The van der Waals surface area contributed by atoms with Crippen LogP contribution in [0.4, 0.5) is 11.8 Å². The Balaban J connectivity index is 1.34. The Morgan fingerprint density at radius 3 is 2.49 bits per heavy atom. The molecule has 3 heterocycles. The van der Waals surface area contributed by atoms with Crippen LogP contribution in [0.15, 0.2) is 60.9 Å². The first-order valence-electron chi connectivity index (χ1n) is 11.2. The summed E-state index contributed by atoms with van der Waals surface area (Å²) in [5.74, 6) is 1.24. The fourth-order valence-corrected chi connectivity index (χ4v) is 4.01. The third-order valence-electron chi connectivity index (χ3n) is 5.90. The lowest BCUT2D eigenvalue weighted by Gasteiger charge is -2.19. The Labute approximate surface area is 200 Å². The Morgan fingerprint density at radius 2 is 1.77 bits per heavy atom. The van der Waals surface area contributed by atoms with E-state index >= 15 is 0 Å². The summed E-state index contributed by atoms with van der Waals surface area (Å²) in [6.45, 7) is 0.430. The minimum atomic E-state index is -1.30. The van der Waals surface area contributed by atoms with Crippen LogP contribution in [0.2, 0.25) is 0 Å². The van der Waals surface area contributed by atoms with Crippen molar-refractivity contribution in [3.63, 3.8) is 0 Å². The first-order chi connectivity index (χ1) is 17.0. The summed E-state index contributed by atoms with van der Waals surface area (Å²) >= 11 is 0. The van der Waals surface area contributed by atoms with Gasteiger partial charge in [-0.05, 0) is 23.3 Å². The van der Waals surface area contributed by atoms with E-state index in [0.29, 0.717) is 30.3 Å². The summed E-state index contributed by atoms with van der Waals surface area (Å²) in [5, 5.41) is 33.5. The number of hydrogen-bond acceptors (Lipinski definition) is 10. The number of fused-ring (bicyclic) bond motifs is 1. The van der Waals surface area contributed by atoms with E-state index in [1.165, 1.54) is 10.9 Å². The van der Waals surface area contributed by atoms with Crippen LogP contribution in [0, 0.1) is 0 Å². The molecule has 0 unspecified atom stereocenters. The van der Waals surface area contributed by atoms with E-state index in [0.717, 1.165) is 16.9 Å². The number of imidazole rings is 1. The molecule has 0 bridgehead atoms. The molecule has 4 aromatic rings. The van der Waals surface area contributed by atoms with Crippen LogP contribution in [-0.4, -0.2) is 59.8 Å². The number of ether oxygens (including phenoxy) is 2. The monoisotopic (exact) mass is 478 g/mol. The molecule has 2 aromatic heterocycles. The summed E-state index contributed by atoms with van der Waals surface area (Å²) in [6.07, 6.45) is -3.25. The molecule has 0 radical (unpaired) electrons. The summed E-state index contributed by atoms with van der Waals surface area (Å²) < 4.78 is 13.1. The Hall–Kier alpha value is -3.77. The van der Waals surface area contributed by atoms with Gasteiger partial charge in [0.25, 0.3) is 0 Å². The van der Waals surface area contributed by atoms with Gasteiger partial charge in [0.05, 0.1) is 6.61 Å². The smallest absolute Gasteiger partial charge is 0.207 e. The number of anilines is 2. The average molecular weight is 479 g/mol. The fraction of sp³-hybridized carbons (Fsp3) is 0.292. The zero-order valence-electron chi connectivity index (χ0n) is 18.7. The number of benzene rings is 2. The van der Waals surface area contributed by atoms with Gasteiger partial charge in [-0.15, -0.1) is 0 Å². The van der Waals surface area contributed by atoms with Crippen molar-refractivity contribution in [3.8, 4) is 5.75 Å². The zero-order chi connectivity index (χ0) is 24.4. The van der Waals surface area contributed by atoms with Gasteiger partial charge < -0.3 is 35.8 Å². The highest BCUT2D eigenvalue weighted by Crippen LogP contribution is 2.35. The van der Waals surface area contributed by atoms with Crippen molar-refractivity contribution in [1.29, 1.82) is 0 Å². The van der Waals surface area contributed by atoms with Crippen molar-refractivity contribution in [2.75, 3.05) is 17.7 Å². The van der Waals surface area contributed by atoms with Crippen molar-refractivity contribution < 1.29 is 24.8 Å². The molecular weight excluding hydrogens is 452 g/mol. The summed E-state index contributed by atoms with van der Waals surface area (Å²) in [5.41, 5.74) is 8.69. The number of aromatic nitrogens is 4. The number of rotatable bonds is 8. The molecule has 1 fully saturated rings. The standard InChI is InChI=1S/C24H26N6O5/c25-21-18-22(28-13-27-21)30(23-20(33)19(32)17(11-31)35-23)24(29-18)26-10-14-6-8-16(9-7-14)34-12-15-4-2-1-3-5-15/h1-9,13,17,19-20,23,31-33H,10-12H2,(H,26,29)(H2,25,27,28)/t17-,19-,20-,23-/m1/s1. The maximum absolute atomic E-state index is 10.6. The molecule has 5 rings (SSSR count). The van der Waals surface area contributed by atoms with E-state index in [1.54, 1.807) is 0 Å². The molecule has 0 spiro atoms. The molecule has 2 aromatic carbocycles. The SMILES string of the molecule is Nc1ncnc2c1nc(NCc1ccc(OCc3ccccc3)cc1)n2[C@@H]1O[C@H](CO)[C@@H](O)[C@H]1O. The summed E-state index contributed by atoms with van der Waals surface area (Å²) in [4.78, 5) is 12.7. The summed E-state index contributed by atoms with van der Waals surface area (Å²) in [7, 11) is 0. The predicted molar refractivity (Wildman–Crippen MR) is 127 cm³/mol. The van der Waals surface area contributed by atoms with Gasteiger partial charge >= 0.3 is 0 Å². The molecule has 11 nitrogen and oxygen atoms in total. The third-order valence-corrected chi connectivity index (χ3v) is 5.90. The predicted octanol–water partition coefficient (Wildman–Crippen LogP) is 1.21. The van der Waals surface area contributed by atoms with E-state index in [2.05, 4.69) is 20.3 Å². The van der Waals surface area contributed by atoms with Crippen molar-refractivity contribution in [1.82, 2.24) is 19.5 Å². The van der Waals surface area contributed by atoms with Crippen LogP contribution in [-0.2, 0) is 17.9 Å². The van der Waals surface area contributed by atoms with E-state index in [-0.39, 0.29) is 5.82 Å². The second kappa shape index (κ2) is 9.84. The van der Waals surface area contributed by atoms with Crippen molar-refractivity contribution in [2.45, 2.75) is 37.7 Å². The minimum absolute atomic E-state index is 0.170. The largest absolute Gasteiger partial charge is 0.489 e. The molecule has 35 heavy (non-hydrogen) atoms. The third kappa shape index (κ3) is 4.62. The second-order valence-electron chi connectivity index (χ2n) is 8.24. The van der Waals surface area contributed by atoms with E-state index in [9.17, 15) is 15.3 Å². The topological polar surface area (TPSA) is 161 Å². The number of nitrogens with zero attached hydrogens (tertiary/aromatic N) is 4. The number of hydrogen-bond donors (Lipinski definition) is 5. The fourth-order valence-electron chi connectivity index (χ4n) is 4.01. The number of nitrogen functional groups attached to an aromatic ring is 1. The Kier molecular flexibility index (Phi) is 6.47. The zero-order valence-corrected chi connectivity index (χ0v) is 18.7. The molecule has 1 saturated heterocycles. The lowest BCUT2D eigenvalue weighted by molar-refractivity contribution is -0.0501. The first kappa shape index (κ1) is 23.0. The molecule has 0 amide bonds. The van der Waals surface area contributed by atoms with Gasteiger partial charge in [-0.25, -0.2) is 15.0 Å². The van der Waals surface area contributed by atoms with Crippen LogP contribution in [0.1, 0.15) is 17.4 Å². The highest BCUT2D eigenvalue weighted by atomic mass is 16.6. The van der Waals surface area contributed by atoms with Gasteiger partial charge in [0.1, 0.15) is 37.0 Å². The highest BCUT2D eigenvalue weighted by Gasteiger charge is 2.45. The van der Waals surface area contributed by atoms with Crippen LogP contribution in [0.25, 0.3) is 11.2 Å². The Morgan fingerprint density at radius 1 is 1.00 bits per heavy atom. The molecule has 6 N–H and O–H groups in total. The lowest BCUT2D eigenvalue weighted by Crippen LogP contribution is -2.33. The van der Waals surface area contributed by atoms with Crippen LogP contribution < -0.4 is 15.8 Å². The van der Waals surface area contributed by atoms with Crippen molar-refractivity contribution >= 4 is 22.9 Å². The number of nitrogens with one attached hydrogen (secondary N) is 1. The molecule has 11 heteroatoms. The quantitative estimate of drug-likeness (QED) is 0.249. The van der Waals surface area contributed by atoms with Crippen molar-refractivity contribution in [2.24, 2.45) is 0 Å². The van der Waals surface area contributed by atoms with Gasteiger partial charge in [0, 0.05) is 6.54 Å². The minimum Gasteiger partial charge on any atom is -0.489 e. The number of nitrogens with two attached hydrogens (primary N) is 1. The van der Waals surface area contributed by atoms with Crippen molar-refractivity contribution in [3.05, 3.63) is 72.1 Å². The van der Waals surface area contributed by atoms with Gasteiger partial charge in [-0.2, -0.15) is 0 Å². The number of aliphatic hydroxyl groups excluding tert-OH is 3. The molecule has 0 saturated carbocycles. The van der Waals surface area contributed by atoms with Crippen LogP contribution in [0.3, 0.4) is 0 Å². The highest BCUT2D eigenvalue weighted by molar-refractivity contribution is 5.84. The molecule has 1 aliphatic rings. The van der Waals surface area contributed by atoms with E-state index in [1.807, 2.05) is 54.6 Å². The van der Waals surface area contributed by atoms with E-state index < -0.39 is 31.1 Å². The second-order valence-corrected chi connectivity index (χ2v) is 8.24. The Bertz CT molecular complexity index is 1280. The summed E-state index contributed by atoms with van der Waals surface area (Å²) in [6, 6.07) is 17.6. The molecule has 4 atom stereocenters. The molecular formula is C24H26N6O5. The van der Waals surface area contributed by atoms with Gasteiger partial charge in [0.2, 0.25) is 5.95 Å².